The Morgan fingerprint density at radius 3 is 2.50 bits per heavy atom. The molecule has 6 heteroatoms. The molecule has 1 aromatic carbocycles. The molecule has 2 N–H and O–H groups in total. The number of fused-ring (bicyclic) bond motifs is 1. The highest BCUT2D eigenvalue weighted by Gasteiger charge is 2.58. The van der Waals surface area contributed by atoms with E-state index in [1.807, 2.05) is 24.3 Å². The van der Waals surface area contributed by atoms with Crippen molar-refractivity contribution in [2.75, 3.05) is 13.1 Å². The summed E-state index contributed by atoms with van der Waals surface area (Å²) in [6.07, 6.45) is 5.38. The average Bonchev–Trinajstić information content (AvgIpc) is 2.80. The Kier molecular flexibility index (Phi) is 5.15. The lowest BCUT2D eigenvalue weighted by molar-refractivity contribution is -0.913. The zero-order chi connectivity index (χ0) is 21.1. The third kappa shape index (κ3) is 3.07. The summed E-state index contributed by atoms with van der Waals surface area (Å²) in [6, 6.07) is 20.3. The van der Waals surface area contributed by atoms with Crippen molar-refractivity contribution in [1.29, 1.82) is 21.2 Å². The number of benzene rings is 1. The molecule has 0 amide bonds. The van der Waals surface area contributed by atoms with E-state index in [4.69, 9.17) is 5.41 Å². The van der Waals surface area contributed by atoms with E-state index in [1.54, 1.807) is 18.5 Å². The lowest BCUT2D eigenvalue weighted by Gasteiger charge is -2.46. The molecule has 2 unspecified atom stereocenters. The highest BCUT2D eigenvalue weighted by atomic mass is 15.1. The Morgan fingerprint density at radius 2 is 1.87 bits per heavy atom. The molecule has 6 nitrogen and oxygen atoms in total. The van der Waals surface area contributed by atoms with Gasteiger partial charge in [0, 0.05) is 29.8 Å². The maximum absolute atomic E-state index is 10.1. The van der Waals surface area contributed by atoms with Crippen LogP contribution in [0.4, 0.5) is 0 Å². The fourth-order valence-electron chi connectivity index (χ4n) is 4.93. The highest BCUT2D eigenvalue weighted by Crippen LogP contribution is 2.52. The van der Waals surface area contributed by atoms with Crippen LogP contribution in [-0.4, -0.2) is 23.8 Å². The maximum atomic E-state index is 10.1. The Labute approximate surface area is 175 Å². The molecule has 4 rings (SSSR count). The molecule has 0 radical (unpaired) electrons. The summed E-state index contributed by atoms with van der Waals surface area (Å²) in [5, 5.41) is 38.6. The number of aromatic nitrogens is 1. The molecule has 1 saturated carbocycles. The molecule has 2 heterocycles. The van der Waals surface area contributed by atoms with Crippen molar-refractivity contribution in [3.8, 4) is 18.2 Å². The van der Waals surface area contributed by atoms with Crippen molar-refractivity contribution in [3.63, 3.8) is 0 Å². The third-order valence-electron chi connectivity index (χ3n) is 6.30. The summed E-state index contributed by atoms with van der Waals surface area (Å²) in [6.45, 7) is 2.26. The van der Waals surface area contributed by atoms with Crippen LogP contribution in [0.25, 0.3) is 0 Å². The standard InChI is InChI=1S/C24H20N6/c25-11-20-19-8-10-30(13-17-5-2-1-3-6-17)14-21(19)22(18-7-4-9-29-12-18)24(15-26,16-27)23(20)28/h1-9,12,20-22,28H,10,13-14H2/p+1/t20?,21-,22+/m1/s1. The fourth-order valence-corrected chi connectivity index (χ4v) is 4.93. The Hall–Kier alpha value is -3.79. The molecule has 4 atom stereocenters. The third-order valence-corrected chi connectivity index (χ3v) is 6.30. The summed E-state index contributed by atoms with van der Waals surface area (Å²) in [7, 11) is 0. The Morgan fingerprint density at radius 1 is 1.10 bits per heavy atom. The van der Waals surface area contributed by atoms with E-state index in [0.29, 0.717) is 6.54 Å². The SMILES string of the molecule is N#CC1C(=N)C(C#N)(C#N)[C@@H](c2cccnc2)[C@@H]2C[NH+](Cc3ccccc3)CC=C12. The predicted molar refractivity (Wildman–Crippen MR) is 110 cm³/mol. The molecule has 1 aromatic heterocycles. The molecule has 1 fully saturated rings. The molecule has 0 bridgehead atoms. The smallest absolute Gasteiger partial charge is 0.190 e. The van der Waals surface area contributed by atoms with Crippen LogP contribution in [-0.2, 0) is 6.54 Å². The first-order chi connectivity index (χ1) is 14.6. The minimum absolute atomic E-state index is 0.113. The molecular formula is C24H21N6+. The molecule has 30 heavy (non-hydrogen) atoms. The number of rotatable bonds is 3. The van der Waals surface area contributed by atoms with Crippen molar-refractivity contribution in [1.82, 2.24) is 4.98 Å². The molecule has 0 saturated heterocycles. The molecule has 1 aliphatic carbocycles. The van der Waals surface area contributed by atoms with Gasteiger partial charge >= 0.3 is 0 Å². The number of pyridine rings is 1. The monoisotopic (exact) mass is 393 g/mol. The van der Waals surface area contributed by atoms with E-state index < -0.39 is 17.3 Å². The van der Waals surface area contributed by atoms with Gasteiger partial charge in [0.05, 0.1) is 37.0 Å². The van der Waals surface area contributed by atoms with Crippen molar-refractivity contribution in [3.05, 3.63) is 77.6 Å². The zero-order valence-corrected chi connectivity index (χ0v) is 16.4. The fraction of sp³-hybridized carbons (Fsp3) is 0.292. The second kappa shape index (κ2) is 7.91. The number of nitrogens with zero attached hydrogens (tertiary/aromatic N) is 4. The van der Waals surface area contributed by atoms with Crippen molar-refractivity contribution in [2.24, 2.45) is 17.3 Å². The molecule has 2 aliphatic rings. The zero-order valence-electron chi connectivity index (χ0n) is 16.4. The van der Waals surface area contributed by atoms with Crippen LogP contribution in [0, 0.1) is 56.7 Å². The first kappa shape index (κ1) is 19.5. The van der Waals surface area contributed by atoms with Gasteiger partial charge in [0.2, 0.25) is 0 Å². The van der Waals surface area contributed by atoms with E-state index in [0.717, 1.165) is 24.2 Å². The minimum atomic E-state index is -1.68. The first-order valence-electron chi connectivity index (χ1n) is 9.93. The van der Waals surface area contributed by atoms with E-state index >= 15 is 0 Å². The van der Waals surface area contributed by atoms with Gasteiger partial charge in [-0.3, -0.25) is 4.98 Å². The minimum Gasteiger partial charge on any atom is -0.327 e. The maximum Gasteiger partial charge on any atom is 0.190 e. The topological polar surface area (TPSA) is 113 Å². The largest absolute Gasteiger partial charge is 0.327 e. The number of hydrogen-bond donors (Lipinski definition) is 2. The van der Waals surface area contributed by atoms with Crippen molar-refractivity contribution >= 4 is 5.71 Å². The highest BCUT2D eigenvalue weighted by molar-refractivity contribution is 6.00. The van der Waals surface area contributed by atoms with Gasteiger partial charge in [0.25, 0.3) is 0 Å². The second-order valence-electron chi connectivity index (χ2n) is 7.90. The van der Waals surface area contributed by atoms with Gasteiger partial charge in [-0.05, 0) is 23.3 Å². The van der Waals surface area contributed by atoms with E-state index in [9.17, 15) is 15.8 Å². The van der Waals surface area contributed by atoms with E-state index in [1.165, 1.54) is 10.5 Å². The summed E-state index contributed by atoms with van der Waals surface area (Å²) >= 11 is 0. The van der Waals surface area contributed by atoms with Gasteiger partial charge in [-0.15, -0.1) is 0 Å². The van der Waals surface area contributed by atoms with Gasteiger partial charge in [-0.2, -0.15) is 15.8 Å². The number of quaternary nitrogens is 1. The molecule has 146 valence electrons. The lowest BCUT2D eigenvalue weighted by Crippen LogP contribution is -3.12. The van der Waals surface area contributed by atoms with Crippen LogP contribution in [0.2, 0.25) is 0 Å². The summed E-state index contributed by atoms with van der Waals surface area (Å²) < 4.78 is 0. The van der Waals surface area contributed by atoms with Gasteiger partial charge in [0.15, 0.2) is 5.41 Å². The predicted octanol–water partition coefficient (Wildman–Crippen LogP) is 2.01. The normalized spacial score (nSPS) is 27.0. The molecule has 0 spiro atoms. The number of nitrogens with one attached hydrogen (secondary N) is 2. The summed E-state index contributed by atoms with van der Waals surface area (Å²) in [5.41, 5.74) is 1.06. The van der Waals surface area contributed by atoms with Crippen LogP contribution < -0.4 is 4.90 Å². The molecule has 1 aliphatic heterocycles. The van der Waals surface area contributed by atoms with Crippen LogP contribution in [0.5, 0.6) is 0 Å². The number of nitriles is 3. The van der Waals surface area contributed by atoms with Crippen LogP contribution in [0.15, 0.2) is 66.5 Å². The van der Waals surface area contributed by atoms with Crippen LogP contribution >= 0.6 is 0 Å². The quantitative estimate of drug-likeness (QED) is 0.777. The number of hydrogen-bond acceptors (Lipinski definition) is 5. The average molecular weight is 393 g/mol. The Bertz CT molecular complexity index is 1090. The van der Waals surface area contributed by atoms with E-state index in [-0.39, 0.29) is 11.6 Å². The van der Waals surface area contributed by atoms with Gasteiger partial charge < -0.3 is 10.3 Å². The van der Waals surface area contributed by atoms with Gasteiger partial charge in [0.1, 0.15) is 12.5 Å². The van der Waals surface area contributed by atoms with Gasteiger partial charge in [-0.25, -0.2) is 0 Å². The summed E-state index contributed by atoms with van der Waals surface area (Å²) in [5.74, 6) is -1.55. The van der Waals surface area contributed by atoms with Crippen molar-refractivity contribution in [2.45, 2.75) is 12.5 Å². The van der Waals surface area contributed by atoms with Crippen molar-refractivity contribution < 1.29 is 4.90 Å². The van der Waals surface area contributed by atoms with Crippen LogP contribution in [0.1, 0.15) is 17.0 Å². The molecule has 2 aromatic rings. The molecular weight excluding hydrogens is 372 g/mol. The Balaban J connectivity index is 1.80. The van der Waals surface area contributed by atoms with Crippen LogP contribution in [0.3, 0.4) is 0 Å². The lowest BCUT2D eigenvalue weighted by atomic mass is 9.54. The summed E-state index contributed by atoms with van der Waals surface area (Å²) in [4.78, 5) is 5.51. The first-order valence-corrected chi connectivity index (χ1v) is 9.93. The van der Waals surface area contributed by atoms with Gasteiger partial charge in [-0.1, -0.05) is 36.4 Å². The van der Waals surface area contributed by atoms with E-state index in [2.05, 4.69) is 41.4 Å². The second-order valence-corrected chi connectivity index (χ2v) is 7.90.